The minimum absolute atomic E-state index is 0.0633. The monoisotopic (exact) mass is 497 g/mol. The summed E-state index contributed by atoms with van der Waals surface area (Å²) in [6, 6.07) is 6.74. The van der Waals surface area contributed by atoms with Crippen LogP contribution in [0.4, 0.5) is 13.2 Å². The van der Waals surface area contributed by atoms with Crippen molar-refractivity contribution in [1.29, 1.82) is 0 Å². The molecule has 5 rings (SSSR count). The minimum Gasteiger partial charge on any atom is -0.447 e. The lowest BCUT2D eigenvalue weighted by atomic mass is 9.94. The van der Waals surface area contributed by atoms with E-state index in [9.17, 15) is 13.2 Å². The van der Waals surface area contributed by atoms with Crippen LogP contribution < -0.4 is 0 Å². The first-order valence-electron chi connectivity index (χ1n) is 11.5. The number of hydrogen-bond acceptors (Lipinski definition) is 6. The third kappa shape index (κ3) is 4.46. The molecule has 3 fully saturated rings. The van der Waals surface area contributed by atoms with Gasteiger partial charge in [-0.2, -0.15) is 13.2 Å². The number of nitrogens with zero attached hydrogens (tertiary/aromatic N) is 3. The number of benzene rings is 1. The normalized spacial score (nSPS) is 31.2. The molecule has 3 aliphatic rings. The largest absolute Gasteiger partial charge is 0.447 e. The van der Waals surface area contributed by atoms with Gasteiger partial charge in [0, 0.05) is 36.3 Å². The Labute approximate surface area is 201 Å². The van der Waals surface area contributed by atoms with E-state index in [1.54, 1.807) is 12.1 Å². The van der Waals surface area contributed by atoms with Gasteiger partial charge in [-0.25, -0.2) is 9.29 Å². The topological polar surface area (TPSA) is 32.5 Å². The van der Waals surface area contributed by atoms with Crippen LogP contribution in [0.25, 0.3) is 0 Å². The molecule has 3 unspecified atom stereocenters. The number of aryl methyl sites for hydroxylation is 1. The van der Waals surface area contributed by atoms with Crippen molar-refractivity contribution in [2.24, 2.45) is 5.92 Å². The third-order valence-corrected chi connectivity index (χ3v) is 10.5. The number of halogens is 3. The first kappa shape index (κ1) is 23.6. The lowest BCUT2D eigenvalue weighted by Gasteiger charge is -2.28. The second-order valence-corrected chi connectivity index (χ2v) is 11.9. The summed E-state index contributed by atoms with van der Waals surface area (Å²) in [4.78, 5) is 6.78. The van der Waals surface area contributed by atoms with Crippen LogP contribution in [0.2, 0.25) is 0 Å². The highest BCUT2D eigenvalue weighted by atomic mass is 32.2. The van der Waals surface area contributed by atoms with Crippen LogP contribution in [0.3, 0.4) is 0 Å². The summed E-state index contributed by atoms with van der Waals surface area (Å²) < 4.78 is 46.8. The molecule has 4 nitrogen and oxygen atoms in total. The average Bonchev–Trinajstić information content (AvgIpc) is 3.08. The molecule has 2 aromatic rings. The lowest BCUT2D eigenvalue weighted by Crippen LogP contribution is -2.35. The highest BCUT2D eigenvalue weighted by molar-refractivity contribution is 8.02. The van der Waals surface area contributed by atoms with Gasteiger partial charge in [-0.05, 0) is 57.2 Å². The number of fused-ring (bicyclic) bond motifs is 1. The summed E-state index contributed by atoms with van der Waals surface area (Å²) in [5, 5.41) is 0.326. The first-order valence-corrected chi connectivity index (χ1v) is 13.5. The third-order valence-electron chi connectivity index (χ3n) is 7.69. The van der Waals surface area contributed by atoms with Crippen molar-refractivity contribution in [2.75, 3.05) is 24.7 Å². The molecule has 180 valence electrons. The predicted octanol–water partition coefficient (Wildman–Crippen LogP) is 6.14. The second kappa shape index (κ2) is 8.81. The van der Waals surface area contributed by atoms with Crippen molar-refractivity contribution in [3.63, 3.8) is 0 Å². The molecule has 1 saturated carbocycles. The van der Waals surface area contributed by atoms with Crippen LogP contribution in [-0.2, 0) is 11.6 Å². The fraction of sp³-hybridized carbons (Fsp3) is 0.625. The molecule has 2 saturated heterocycles. The molecule has 2 aliphatic heterocycles. The van der Waals surface area contributed by atoms with E-state index in [4.69, 9.17) is 4.42 Å². The molecule has 0 radical (unpaired) electrons. The van der Waals surface area contributed by atoms with Crippen molar-refractivity contribution in [3.05, 3.63) is 53.2 Å². The molecule has 0 spiro atoms. The summed E-state index contributed by atoms with van der Waals surface area (Å²) in [5.41, 5.74) is 1.55. The Kier molecular flexibility index (Phi) is 6.29. The number of hydrogen-bond donors (Lipinski definition) is 0. The zero-order valence-electron chi connectivity index (χ0n) is 19.1. The number of thioether (sulfide) groups is 1. The average molecular weight is 498 g/mol. The van der Waals surface area contributed by atoms with Gasteiger partial charge in [-0.15, -0.1) is 11.8 Å². The first-order chi connectivity index (χ1) is 15.7. The number of rotatable bonds is 7. The molecular weight excluding hydrogens is 467 g/mol. The van der Waals surface area contributed by atoms with Crippen molar-refractivity contribution in [1.82, 2.24) is 14.2 Å². The van der Waals surface area contributed by atoms with Gasteiger partial charge in [0.05, 0.1) is 22.4 Å². The quantitative estimate of drug-likeness (QED) is 0.428. The molecule has 0 N–H and O–H groups in total. The van der Waals surface area contributed by atoms with Crippen molar-refractivity contribution in [2.45, 2.75) is 62.5 Å². The smallest absolute Gasteiger partial charge is 0.416 e. The van der Waals surface area contributed by atoms with Crippen LogP contribution in [-0.4, -0.2) is 51.0 Å². The molecule has 0 bridgehead atoms. The number of aromatic nitrogens is 1. The Balaban J connectivity index is 1.11. The van der Waals surface area contributed by atoms with E-state index in [2.05, 4.69) is 28.0 Å². The SMILES string of the molecule is Cc1ncoc1C1SCN(SCCC(C)N2C[C@@H]3C[C@]3(c3ccc(C(F)(F)F)cc3)C2)C1C. The minimum atomic E-state index is -4.27. The van der Waals surface area contributed by atoms with Crippen molar-refractivity contribution in [3.8, 4) is 0 Å². The van der Waals surface area contributed by atoms with E-state index in [0.717, 1.165) is 54.6 Å². The molecule has 5 atom stereocenters. The lowest BCUT2D eigenvalue weighted by molar-refractivity contribution is -0.137. The molecule has 1 aromatic heterocycles. The summed E-state index contributed by atoms with van der Waals surface area (Å²) in [6.45, 7) is 8.55. The van der Waals surface area contributed by atoms with Crippen LogP contribution in [0.5, 0.6) is 0 Å². The van der Waals surface area contributed by atoms with Gasteiger partial charge in [0.1, 0.15) is 5.76 Å². The number of oxazole rings is 1. The highest BCUT2D eigenvalue weighted by Gasteiger charge is 2.61. The maximum Gasteiger partial charge on any atom is 0.416 e. The molecule has 9 heteroatoms. The van der Waals surface area contributed by atoms with Gasteiger partial charge >= 0.3 is 6.18 Å². The van der Waals surface area contributed by atoms with Gasteiger partial charge in [-0.3, -0.25) is 4.90 Å². The number of piperidine rings is 1. The zero-order chi connectivity index (χ0) is 23.4. The van der Waals surface area contributed by atoms with E-state index in [1.165, 1.54) is 18.5 Å². The van der Waals surface area contributed by atoms with Crippen LogP contribution in [0, 0.1) is 12.8 Å². The van der Waals surface area contributed by atoms with Crippen LogP contribution in [0.15, 0.2) is 35.1 Å². The predicted molar refractivity (Wildman–Crippen MR) is 127 cm³/mol. The maximum atomic E-state index is 12.9. The van der Waals surface area contributed by atoms with E-state index in [1.807, 2.05) is 30.6 Å². The van der Waals surface area contributed by atoms with E-state index >= 15 is 0 Å². The summed E-state index contributed by atoms with van der Waals surface area (Å²) in [6.07, 6.45) is -0.540. The summed E-state index contributed by atoms with van der Waals surface area (Å²) >= 11 is 3.83. The summed E-state index contributed by atoms with van der Waals surface area (Å²) in [7, 11) is 0. The molecule has 1 aliphatic carbocycles. The molecule has 33 heavy (non-hydrogen) atoms. The van der Waals surface area contributed by atoms with Crippen LogP contribution >= 0.6 is 23.7 Å². The fourth-order valence-electron chi connectivity index (χ4n) is 5.41. The molecular formula is C24H30F3N3OS2. The Bertz CT molecular complexity index is 982. The van der Waals surface area contributed by atoms with Gasteiger partial charge in [0.2, 0.25) is 0 Å². The molecule has 0 amide bonds. The number of alkyl halides is 3. The van der Waals surface area contributed by atoms with E-state index < -0.39 is 11.7 Å². The van der Waals surface area contributed by atoms with Crippen molar-refractivity contribution < 1.29 is 17.6 Å². The molecule has 3 heterocycles. The van der Waals surface area contributed by atoms with Gasteiger partial charge < -0.3 is 4.42 Å². The van der Waals surface area contributed by atoms with Crippen LogP contribution in [0.1, 0.15) is 54.5 Å². The highest BCUT2D eigenvalue weighted by Crippen LogP contribution is 2.59. The number of likely N-dealkylation sites (tertiary alicyclic amines) is 1. The maximum absolute atomic E-state index is 12.9. The second-order valence-electron chi connectivity index (χ2n) is 9.71. The Morgan fingerprint density at radius 1 is 1.30 bits per heavy atom. The molecule has 1 aromatic carbocycles. The van der Waals surface area contributed by atoms with Gasteiger partial charge in [0.15, 0.2) is 6.39 Å². The zero-order valence-corrected chi connectivity index (χ0v) is 20.8. The Morgan fingerprint density at radius 2 is 2.06 bits per heavy atom. The van der Waals surface area contributed by atoms with Gasteiger partial charge in [0.25, 0.3) is 0 Å². The van der Waals surface area contributed by atoms with E-state index in [0.29, 0.717) is 23.3 Å². The Hall–Kier alpha value is -1.16. The van der Waals surface area contributed by atoms with Gasteiger partial charge in [-0.1, -0.05) is 24.1 Å². The van der Waals surface area contributed by atoms with E-state index in [-0.39, 0.29) is 5.41 Å². The van der Waals surface area contributed by atoms with Crippen molar-refractivity contribution >= 4 is 23.7 Å². The summed E-state index contributed by atoms with van der Waals surface area (Å²) in [5.74, 6) is 3.61. The Morgan fingerprint density at radius 3 is 2.73 bits per heavy atom. The fourth-order valence-corrected chi connectivity index (χ4v) is 8.36. The standard InChI is InChI=1S/C24H30F3N3OS2/c1-15(8-9-33-30-14-32-22(17(30)3)21-16(2)28-13-31-21)29-11-20-10-23(20,12-29)18-4-6-19(7-5-18)24(25,26)27/h4-7,13,15,17,20,22H,8-12,14H2,1-3H3/t15?,17?,20-,22?,23+/m0/s1.